The van der Waals surface area contributed by atoms with Gasteiger partial charge < -0.3 is 10.6 Å². The molecule has 1 aromatic heterocycles. The first-order valence-corrected chi connectivity index (χ1v) is 7.54. The van der Waals surface area contributed by atoms with Crippen molar-refractivity contribution < 1.29 is 4.79 Å². The van der Waals surface area contributed by atoms with Crippen molar-refractivity contribution in [1.82, 2.24) is 4.98 Å². The van der Waals surface area contributed by atoms with Crippen LogP contribution in [0.5, 0.6) is 0 Å². The van der Waals surface area contributed by atoms with E-state index in [1.165, 1.54) is 6.92 Å². The zero-order valence-corrected chi connectivity index (χ0v) is 13.5. The molecule has 0 unspecified atom stereocenters. The maximum Gasteiger partial charge on any atom is 0.221 e. The highest BCUT2D eigenvalue weighted by Gasteiger charge is 2.06. The van der Waals surface area contributed by atoms with E-state index in [-0.39, 0.29) is 5.91 Å². The van der Waals surface area contributed by atoms with Crippen molar-refractivity contribution in [1.29, 1.82) is 0 Å². The van der Waals surface area contributed by atoms with Gasteiger partial charge in [0.1, 0.15) is 0 Å². The number of nitrogens with zero attached hydrogens (tertiary/aromatic N) is 1. The number of aryl methyl sites for hydroxylation is 2. The van der Waals surface area contributed by atoms with Crippen LogP contribution in [0.4, 0.5) is 17.1 Å². The molecule has 0 aliphatic heterocycles. The van der Waals surface area contributed by atoms with E-state index in [1.54, 1.807) is 0 Å². The van der Waals surface area contributed by atoms with Crippen molar-refractivity contribution in [3.05, 3.63) is 59.8 Å². The smallest absolute Gasteiger partial charge is 0.221 e. The molecule has 0 atom stereocenters. The molecule has 0 bridgehead atoms. The van der Waals surface area contributed by atoms with Gasteiger partial charge in [0, 0.05) is 35.1 Å². The van der Waals surface area contributed by atoms with Crippen molar-refractivity contribution in [3.63, 3.8) is 0 Å². The maximum atomic E-state index is 11.1. The molecule has 0 aliphatic rings. The molecule has 2 N–H and O–H groups in total. The van der Waals surface area contributed by atoms with Crippen molar-refractivity contribution in [2.24, 2.45) is 0 Å². The largest absolute Gasteiger partial charge is 0.355 e. The molecule has 3 aromatic rings. The first kappa shape index (κ1) is 15.0. The predicted octanol–water partition coefficient (Wildman–Crippen LogP) is 4.55. The van der Waals surface area contributed by atoms with Crippen LogP contribution in [0.3, 0.4) is 0 Å². The average Bonchev–Trinajstić information content (AvgIpc) is 2.50. The lowest BCUT2D eigenvalue weighted by Crippen LogP contribution is -2.05. The van der Waals surface area contributed by atoms with Crippen molar-refractivity contribution in [2.75, 3.05) is 10.6 Å². The fourth-order valence-corrected chi connectivity index (χ4v) is 2.62. The summed E-state index contributed by atoms with van der Waals surface area (Å²) in [7, 11) is 0. The minimum Gasteiger partial charge on any atom is -0.355 e. The third-order valence-corrected chi connectivity index (χ3v) is 3.65. The summed E-state index contributed by atoms with van der Waals surface area (Å²) in [6.07, 6.45) is 0. The van der Waals surface area contributed by atoms with Crippen LogP contribution in [-0.2, 0) is 4.79 Å². The van der Waals surface area contributed by atoms with Gasteiger partial charge in [-0.05, 0) is 49.7 Å². The Morgan fingerprint density at radius 1 is 1.00 bits per heavy atom. The van der Waals surface area contributed by atoms with Gasteiger partial charge in [-0.2, -0.15) is 0 Å². The topological polar surface area (TPSA) is 54.0 Å². The zero-order chi connectivity index (χ0) is 16.4. The number of pyridine rings is 1. The van der Waals surface area contributed by atoms with E-state index in [9.17, 15) is 4.79 Å². The molecule has 4 nitrogen and oxygen atoms in total. The average molecular weight is 305 g/mol. The number of anilines is 3. The van der Waals surface area contributed by atoms with Crippen molar-refractivity contribution >= 4 is 33.9 Å². The minimum absolute atomic E-state index is 0.0723. The summed E-state index contributed by atoms with van der Waals surface area (Å²) in [6.45, 7) is 5.57. The molecule has 0 saturated heterocycles. The second-order valence-electron chi connectivity index (χ2n) is 5.67. The van der Waals surface area contributed by atoms with Crippen molar-refractivity contribution in [2.45, 2.75) is 20.8 Å². The third-order valence-electron chi connectivity index (χ3n) is 3.65. The monoisotopic (exact) mass is 305 g/mol. The minimum atomic E-state index is -0.0723. The van der Waals surface area contributed by atoms with Gasteiger partial charge in [-0.3, -0.25) is 9.78 Å². The number of rotatable bonds is 3. The van der Waals surface area contributed by atoms with Gasteiger partial charge in [0.25, 0.3) is 0 Å². The molecular weight excluding hydrogens is 286 g/mol. The lowest BCUT2D eigenvalue weighted by Gasteiger charge is -2.12. The Labute approximate surface area is 135 Å². The molecule has 0 fully saturated rings. The number of para-hydroxylation sites is 1. The van der Waals surface area contributed by atoms with E-state index in [2.05, 4.69) is 34.7 Å². The normalized spacial score (nSPS) is 10.6. The number of benzene rings is 2. The van der Waals surface area contributed by atoms with Crippen molar-refractivity contribution in [3.8, 4) is 0 Å². The molecule has 116 valence electrons. The highest BCUT2D eigenvalue weighted by molar-refractivity contribution is 5.95. The molecule has 1 heterocycles. The van der Waals surface area contributed by atoms with Crippen LogP contribution >= 0.6 is 0 Å². The summed E-state index contributed by atoms with van der Waals surface area (Å²) in [5.41, 5.74) is 5.94. The Hall–Kier alpha value is -2.88. The SMILES string of the molecule is CC(=O)Nc1ccc(Nc2cc(C)nc3c(C)cccc23)cc1. The van der Waals surface area contributed by atoms with Gasteiger partial charge in [0.2, 0.25) is 5.91 Å². The number of hydrogen-bond donors (Lipinski definition) is 2. The van der Waals surface area contributed by atoms with Gasteiger partial charge in [-0.1, -0.05) is 18.2 Å². The van der Waals surface area contributed by atoms with Gasteiger partial charge in [0.05, 0.1) is 5.52 Å². The Kier molecular flexibility index (Phi) is 3.98. The predicted molar refractivity (Wildman–Crippen MR) is 95.2 cm³/mol. The quantitative estimate of drug-likeness (QED) is 0.746. The maximum absolute atomic E-state index is 11.1. The Morgan fingerprint density at radius 3 is 2.39 bits per heavy atom. The van der Waals surface area contributed by atoms with Crippen LogP contribution in [0, 0.1) is 13.8 Å². The van der Waals surface area contributed by atoms with E-state index in [4.69, 9.17) is 0 Å². The van der Waals surface area contributed by atoms with E-state index in [1.807, 2.05) is 43.3 Å². The fourth-order valence-electron chi connectivity index (χ4n) is 2.62. The summed E-state index contributed by atoms with van der Waals surface area (Å²) < 4.78 is 0. The number of hydrogen-bond acceptors (Lipinski definition) is 3. The second-order valence-corrected chi connectivity index (χ2v) is 5.67. The summed E-state index contributed by atoms with van der Waals surface area (Å²) in [5.74, 6) is -0.0723. The van der Waals surface area contributed by atoms with E-state index >= 15 is 0 Å². The molecule has 0 spiro atoms. The second kappa shape index (κ2) is 6.08. The summed E-state index contributed by atoms with van der Waals surface area (Å²) in [6, 6.07) is 15.9. The van der Waals surface area contributed by atoms with E-state index in [0.717, 1.165) is 39.2 Å². The molecular formula is C19H19N3O. The standard InChI is InChI=1S/C19H19N3O/c1-12-5-4-6-17-18(11-13(2)20-19(12)17)22-16-9-7-15(8-10-16)21-14(3)23/h4-11H,1-3H3,(H,20,22)(H,21,23). The van der Waals surface area contributed by atoms with Crippen LogP contribution in [-0.4, -0.2) is 10.9 Å². The first-order chi connectivity index (χ1) is 11.0. The van der Waals surface area contributed by atoms with Gasteiger partial charge in [-0.25, -0.2) is 0 Å². The molecule has 4 heteroatoms. The highest BCUT2D eigenvalue weighted by atomic mass is 16.1. The summed E-state index contributed by atoms with van der Waals surface area (Å²) >= 11 is 0. The number of amides is 1. The lowest BCUT2D eigenvalue weighted by molar-refractivity contribution is -0.114. The summed E-state index contributed by atoms with van der Waals surface area (Å²) in [5, 5.41) is 7.31. The first-order valence-electron chi connectivity index (χ1n) is 7.54. The number of nitrogens with one attached hydrogen (secondary N) is 2. The molecule has 3 rings (SSSR count). The Bertz CT molecular complexity index is 870. The number of carbonyl (C=O) groups is 1. The Morgan fingerprint density at radius 2 is 1.70 bits per heavy atom. The number of fused-ring (bicyclic) bond motifs is 1. The molecule has 2 aromatic carbocycles. The molecule has 23 heavy (non-hydrogen) atoms. The van der Waals surface area contributed by atoms with Gasteiger partial charge in [0.15, 0.2) is 0 Å². The molecule has 0 aliphatic carbocycles. The lowest BCUT2D eigenvalue weighted by atomic mass is 10.1. The highest BCUT2D eigenvalue weighted by Crippen LogP contribution is 2.28. The zero-order valence-electron chi connectivity index (χ0n) is 13.5. The molecule has 1 amide bonds. The fraction of sp³-hybridized carbons (Fsp3) is 0.158. The van der Waals surface area contributed by atoms with Crippen LogP contribution in [0.2, 0.25) is 0 Å². The third kappa shape index (κ3) is 3.31. The number of aromatic nitrogens is 1. The number of carbonyl (C=O) groups excluding carboxylic acids is 1. The molecule has 0 saturated carbocycles. The van der Waals surface area contributed by atoms with Gasteiger partial charge in [-0.15, -0.1) is 0 Å². The van der Waals surface area contributed by atoms with Crippen LogP contribution in [0.1, 0.15) is 18.2 Å². The van der Waals surface area contributed by atoms with Crippen LogP contribution in [0.15, 0.2) is 48.5 Å². The Balaban J connectivity index is 1.95. The molecule has 0 radical (unpaired) electrons. The summed E-state index contributed by atoms with van der Waals surface area (Å²) in [4.78, 5) is 15.7. The van der Waals surface area contributed by atoms with Gasteiger partial charge >= 0.3 is 0 Å². The van der Waals surface area contributed by atoms with E-state index in [0.29, 0.717) is 0 Å². The van der Waals surface area contributed by atoms with E-state index < -0.39 is 0 Å². The van der Waals surface area contributed by atoms with Crippen LogP contribution < -0.4 is 10.6 Å². The van der Waals surface area contributed by atoms with Crippen LogP contribution in [0.25, 0.3) is 10.9 Å².